The molecule has 0 atom stereocenters. The van der Waals surface area contributed by atoms with E-state index >= 15 is 0 Å². The molecule has 0 aliphatic rings. The van der Waals surface area contributed by atoms with Crippen LogP contribution in [-0.4, -0.2) is 36.9 Å². The predicted molar refractivity (Wildman–Crippen MR) is 73.9 cm³/mol. The smallest absolute Gasteiger partial charge is 0.337 e. The molecule has 0 saturated carbocycles. The van der Waals surface area contributed by atoms with Crippen molar-refractivity contribution in [3.8, 4) is 0 Å². The van der Waals surface area contributed by atoms with E-state index in [-0.39, 0.29) is 29.4 Å². The second kappa shape index (κ2) is 6.23. The van der Waals surface area contributed by atoms with Crippen LogP contribution in [0.3, 0.4) is 0 Å². The molecule has 106 valence electrons. The van der Waals surface area contributed by atoms with Crippen LogP contribution in [0, 0.1) is 0 Å². The molecule has 2 N–H and O–H groups in total. The summed E-state index contributed by atoms with van der Waals surface area (Å²) < 4.78 is 27.5. The summed E-state index contributed by atoms with van der Waals surface area (Å²) in [6.45, 7) is 3.93. The van der Waals surface area contributed by atoms with Crippen molar-refractivity contribution in [1.29, 1.82) is 0 Å². The third kappa shape index (κ3) is 3.59. The average Bonchev–Trinajstić information content (AvgIpc) is 2.32. The number of halogens is 1. The average molecular weight is 307 g/mol. The maximum absolute atomic E-state index is 12.1. The summed E-state index contributed by atoms with van der Waals surface area (Å²) in [7, 11) is -3.82. The molecule has 0 bridgehead atoms. The van der Waals surface area contributed by atoms with Gasteiger partial charge in [0.15, 0.2) is 0 Å². The van der Waals surface area contributed by atoms with E-state index in [0.717, 1.165) is 0 Å². The second-order valence-corrected chi connectivity index (χ2v) is 5.74. The fourth-order valence-corrected chi connectivity index (χ4v) is 3.13. The highest BCUT2D eigenvalue weighted by Crippen LogP contribution is 2.27. The second-order valence-electron chi connectivity index (χ2n) is 3.66. The van der Waals surface area contributed by atoms with Gasteiger partial charge in [0, 0.05) is 13.1 Å². The van der Waals surface area contributed by atoms with Gasteiger partial charge < -0.3 is 5.11 Å². The Bertz CT molecular complexity index is 570. The van der Waals surface area contributed by atoms with Crippen molar-refractivity contribution in [3.05, 3.63) is 28.8 Å². The first-order chi connectivity index (χ1) is 8.83. The Labute approximate surface area is 117 Å². The van der Waals surface area contributed by atoms with Crippen molar-refractivity contribution in [2.45, 2.75) is 13.8 Å². The number of nitrogens with one attached hydrogen (secondary N) is 1. The number of rotatable bonds is 6. The van der Waals surface area contributed by atoms with E-state index in [1.807, 2.05) is 0 Å². The monoisotopic (exact) mass is 306 g/mol. The summed E-state index contributed by atoms with van der Waals surface area (Å²) in [5.41, 5.74) is -0.313. The summed E-state index contributed by atoms with van der Waals surface area (Å²) in [4.78, 5) is 11.1. The summed E-state index contributed by atoms with van der Waals surface area (Å²) in [5.74, 6) is -1.25. The third-order valence-corrected chi connectivity index (χ3v) is 4.49. The van der Waals surface area contributed by atoms with E-state index in [2.05, 4.69) is 4.72 Å². The molecule has 0 aromatic heterocycles. The van der Waals surface area contributed by atoms with Crippen LogP contribution in [-0.2, 0) is 10.2 Å². The molecule has 0 fully saturated rings. The van der Waals surface area contributed by atoms with E-state index in [1.165, 1.54) is 22.5 Å². The lowest BCUT2D eigenvalue weighted by Crippen LogP contribution is -2.36. The van der Waals surface area contributed by atoms with E-state index in [1.54, 1.807) is 13.8 Å². The summed E-state index contributed by atoms with van der Waals surface area (Å²) in [5, 5.41) is 9.07. The van der Waals surface area contributed by atoms with Gasteiger partial charge in [0.2, 0.25) is 0 Å². The fraction of sp³-hybridized carbons (Fsp3) is 0.364. The molecule has 0 unspecified atom stereocenters. The Kier molecular flexibility index (Phi) is 5.16. The number of benzene rings is 1. The Morgan fingerprint density at radius 2 is 1.95 bits per heavy atom. The lowest BCUT2D eigenvalue weighted by molar-refractivity contribution is 0.0698. The topological polar surface area (TPSA) is 86.7 Å². The molecule has 1 aromatic carbocycles. The lowest BCUT2D eigenvalue weighted by atomic mass is 10.2. The molecule has 19 heavy (non-hydrogen) atoms. The van der Waals surface area contributed by atoms with Gasteiger partial charge in [-0.15, -0.1) is 0 Å². The number of hydrogen-bond donors (Lipinski definition) is 2. The molecule has 8 heteroatoms. The van der Waals surface area contributed by atoms with Crippen molar-refractivity contribution in [2.24, 2.45) is 0 Å². The lowest BCUT2D eigenvalue weighted by Gasteiger charge is -2.20. The fourth-order valence-electron chi connectivity index (χ4n) is 1.56. The van der Waals surface area contributed by atoms with Crippen LogP contribution in [0.4, 0.5) is 5.69 Å². The predicted octanol–water partition coefficient (Wildman–Crippen LogP) is 2.04. The highest BCUT2D eigenvalue weighted by Gasteiger charge is 2.23. The van der Waals surface area contributed by atoms with Gasteiger partial charge in [-0.3, -0.25) is 4.72 Å². The molecule has 0 amide bonds. The van der Waals surface area contributed by atoms with Crippen molar-refractivity contribution in [1.82, 2.24) is 4.31 Å². The molecule has 6 nitrogen and oxygen atoms in total. The van der Waals surface area contributed by atoms with Gasteiger partial charge in [0.05, 0.1) is 16.3 Å². The van der Waals surface area contributed by atoms with Crippen LogP contribution in [0.1, 0.15) is 24.2 Å². The van der Waals surface area contributed by atoms with Crippen molar-refractivity contribution in [2.75, 3.05) is 17.8 Å². The van der Waals surface area contributed by atoms with E-state index in [4.69, 9.17) is 16.7 Å². The van der Waals surface area contributed by atoms with Gasteiger partial charge in [0.25, 0.3) is 0 Å². The van der Waals surface area contributed by atoms with Crippen LogP contribution in [0.25, 0.3) is 0 Å². The number of nitrogens with zero attached hydrogens (tertiary/aromatic N) is 1. The Morgan fingerprint density at radius 3 is 2.42 bits per heavy atom. The van der Waals surface area contributed by atoms with Crippen molar-refractivity contribution in [3.63, 3.8) is 0 Å². The van der Waals surface area contributed by atoms with Crippen molar-refractivity contribution < 1.29 is 18.3 Å². The zero-order chi connectivity index (χ0) is 14.6. The van der Waals surface area contributed by atoms with Crippen molar-refractivity contribution >= 4 is 33.5 Å². The molecule has 0 heterocycles. The van der Waals surface area contributed by atoms with Gasteiger partial charge in [-0.25, -0.2) is 4.79 Å². The number of aromatic carboxylic acids is 1. The van der Waals surface area contributed by atoms with Gasteiger partial charge in [-0.05, 0) is 12.1 Å². The van der Waals surface area contributed by atoms with Gasteiger partial charge in [-0.1, -0.05) is 31.5 Å². The summed E-state index contributed by atoms with van der Waals surface area (Å²) in [6.07, 6.45) is 0. The maximum Gasteiger partial charge on any atom is 0.337 e. The Hall–Kier alpha value is -1.31. The van der Waals surface area contributed by atoms with Crippen LogP contribution >= 0.6 is 11.6 Å². The van der Waals surface area contributed by atoms with Crippen LogP contribution in [0.5, 0.6) is 0 Å². The minimum absolute atomic E-state index is 0.0376. The quantitative estimate of drug-likeness (QED) is 0.842. The van der Waals surface area contributed by atoms with Gasteiger partial charge in [-0.2, -0.15) is 12.7 Å². The first-order valence-corrected chi connectivity index (χ1v) is 7.45. The minimum atomic E-state index is -3.82. The third-order valence-electron chi connectivity index (χ3n) is 2.52. The van der Waals surface area contributed by atoms with Crippen LogP contribution in [0.2, 0.25) is 5.02 Å². The first-order valence-electron chi connectivity index (χ1n) is 5.63. The van der Waals surface area contributed by atoms with E-state index < -0.39 is 16.2 Å². The van der Waals surface area contributed by atoms with E-state index in [0.29, 0.717) is 0 Å². The highest BCUT2D eigenvalue weighted by molar-refractivity contribution is 7.90. The summed E-state index contributed by atoms with van der Waals surface area (Å²) >= 11 is 5.86. The molecule has 0 aliphatic heterocycles. The SMILES string of the molecule is CCN(CC)S(=O)(=O)Nc1c(Cl)cccc1C(=O)O. The van der Waals surface area contributed by atoms with E-state index in [9.17, 15) is 13.2 Å². The molecule has 0 saturated heterocycles. The Morgan fingerprint density at radius 1 is 1.37 bits per heavy atom. The number of anilines is 1. The molecular formula is C11H15ClN2O4S. The van der Waals surface area contributed by atoms with Crippen LogP contribution in [0.15, 0.2) is 18.2 Å². The molecule has 0 spiro atoms. The standard InChI is InChI=1S/C11H15ClN2O4S/c1-3-14(4-2)19(17,18)13-10-8(11(15)16)6-5-7-9(10)12/h5-7,13H,3-4H2,1-2H3,(H,15,16). The molecular weight excluding hydrogens is 292 g/mol. The molecule has 1 aromatic rings. The normalized spacial score (nSPS) is 11.6. The Balaban J connectivity index is 3.23. The number of carboxylic acids is 1. The summed E-state index contributed by atoms with van der Waals surface area (Å²) in [6, 6.07) is 4.16. The van der Waals surface area contributed by atoms with Gasteiger partial charge in [0.1, 0.15) is 0 Å². The maximum atomic E-state index is 12.1. The number of hydrogen-bond acceptors (Lipinski definition) is 3. The van der Waals surface area contributed by atoms with Crippen LogP contribution < -0.4 is 4.72 Å². The minimum Gasteiger partial charge on any atom is -0.478 e. The highest BCUT2D eigenvalue weighted by atomic mass is 35.5. The molecule has 0 radical (unpaired) electrons. The zero-order valence-corrected chi connectivity index (χ0v) is 12.1. The largest absolute Gasteiger partial charge is 0.478 e. The first kappa shape index (κ1) is 15.7. The number of carboxylic acid groups (broad SMARTS) is 1. The van der Waals surface area contributed by atoms with Gasteiger partial charge >= 0.3 is 16.2 Å². The number of carbonyl (C=O) groups is 1. The zero-order valence-electron chi connectivity index (χ0n) is 10.6. The molecule has 0 aliphatic carbocycles. The molecule has 1 rings (SSSR count). The number of para-hydroxylation sites is 1.